The largest absolute Gasteiger partial charge is 0.449 e. The van der Waals surface area contributed by atoms with Gasteiger partial charge in [0.1, 0.15) is 0 Å². The monoisotopic (exact) mass is 264 g/mol. The number of aromatic nitrogens is 1. The van der Waals surface area contributed by atoms with Gasteiger partial charge in [-0.3, -0.25) is 5.32 Å². The zero-order chi connectivity index (χ0) is 13.7. The lowest BCUT2D eigenvalue weighted by Gasteiger charge is -2.08. The van der Waals surface area contributed by atoms with Gasteiger partial charge < -0.3 is 19.9 Å². The predicted molar refractivity (Wildman–Crippen MR) is 71.0 cm³/mol. The van der Waals surface area contributed by atoms with Crippen LogP contribution in [-0.2, 0) is 4.74 Å². The molecular formula is C13H16N2O4. The summed E-state index contributed by atoms with van der Waals surface area (Å²) in [7, 11) is 0. The highest BCUT2D eigenvalue weighted by molar-refractivity contribution is 5.99. The van der Waals surface area contributed by atoms with Gasteiger partial charge in [-0.2, -0.15) is 0 Å². The van der Waals surface area contributed by atoms with E-state index in [1.165, 1.54) is 0 Å². The maximum atomic E-state index is 11.5. The molecule has 0 aliphatic heterocycles. The van der Waals surface area contributed by atoms with Crippen LogP contribution in [0.2, 0.25) is 0 Å². The van der Waals surface area contributed by atoms with Crippen molar-refractivity contribution in [3.05, 3.63) is 30.5 Å². The number of hydrogen-bond acceptors (Lipinski definition) is 4. The number of para-hydroxylation sites is 1. The van der Waals surface area contributed by atoms with Crippen molar-refractivity contribution in [2.75, 3.05) is 18.5 Å². The van der Waals surface area contributed by atoms with E-state index in [4.69, 9.17) is 14.9 Å². The number of aliphatic hydroxyl groups is 2. The van der Waals surface area contributed by atoms with Crippen molar-refractivity contribution in [1.29, 1.82) is 0 Å². The number of benzene rings is 1. The van der Waals surface area contributed by atoms with E-state index in [9.17, 15) is 4.79 Å². The Bertz CT molecular complexity index is 552. The number of carbonyl (C=O) groups is 1. The molecule has 1 heterocycles. The van der Waals surface area contributed by atoms with Gasteiger partial charge in [-0.1, -0.05) is 18.2 Å². The molecule has 102 valence electrons. The standard InChI is InChI=1S/C13H16N2O4/c16-8-9(17)5-6-19-13(18)15-12-7-14-11-4-2-1-3-10(11)12/h1-4,7,9,14,16-17H,5-6,8H2,(H,15,18). The van der Waals surface area contributed by atoms with Gasteiger partial charge in [0.25, 0.3) is 0 Å². The van der Waals surface area contributed by atoms with Crippen LogP contribution in [0.25, 0.3) is 10.9 Å². The Morgan fingerprint density at radius 3 is 3.00 bits per heavy atom. The molecule has 0 aliphatic carbocycles. The van der Waals surface area contributed by atoms with Crippen molar-refractivity contribution in [2.24, 2.45) is 0 Å². The highest BCUT2D eigenvalue weighted by atomic mass is 16.5. The van der Waals surface area contributed by atoms with Crippen LogP contribution in [0.15, 0.2) is 30.5 Å². The van der Waals surface area contributed by atoms with Crippen molar-refractivity contribution in [3.8, 4) is 0 Å². The first kappa shape index (κ1) is 13.4. The molecule has 1 aromatic carbocycles. The summed E-state index contributed by atoms with van der Waals surface area (Å²) in [4.78, 5) is 14.6. The van der Waals surface area contributed by atoms with Crippen LogP contribution in [0, 0.1) is 0 Å². The fourth-order valence-electron chi connectivity index (χ4n) is 1.70. The predicted octanol–water partition coefficient (Wildman–Crippen LogP) is 1.46. The van der Waals surface area contributed by atoms with Crippen molar-refractivity contribution < 1.29 is 19.7 Å². The van der Waals surface area contributed by atoms with Crippen LogP contribution in [0.4, 0.5) is 10.5 Å². The average molecular weight is 264 g/mol. The summed E-state index contributed by atoms with van der Waals surface area (Å²) >= 11 is 0. The van der Waals surface area contributed by atoms with E-state index in [-0.39, 0.29) is 19.6 Å². The lowest BCUT2D eigenvalue weighted by Crippen LogP contribution is -2.19. The molecule has 1 aromatic heterocycles. The Balaban J connectivity index is 1.88. The molecule has 1 unspecified atom stereocenters. The van der Waals surface area contributed by atoms with Crippen molar-refractivity contribution in [2.45, 2.75) is 12.5 Å². The third kappa shape index (κ3) is 3.46. The average Bonchev–Trinajstić information content (AvgIpc) is 2.82. The normalized spacial score (nSPS) is 12.3. The zero-order valence-corrected chi connectivity index (χ0v) is 10.3. The Hall–Kier alpha value is -2.05. The Labute approximate surface area is 110 Å². The van der Waals surface area contributed by atoms with Gasteiger partial charge in [-0.15, -0.1) is 0 Å². The van der Waals surface area contributed by atoms with Crippen molar-refractivity contribution in [1.82, 2.24) is 4.98 Å². The van der Waals surface area contributed by atoms with Crippen LogP contribution < -0.4 is 5.32 Å². The number of H-pyrrole nitrogens is 1. The zero-order valence-electron chi connectivity index (χ0n) is 10.3. The van der Waals surface area contributed by atoms with Gasteiger partial charge >= 0.3 is 6.09 Å². The van der Waals surface area contributed by atoms with E-state index >= 15 is 0 Å². The Morgan fingerprint density at radius 1 is 1.42 bits per heavy atom. The number of aromatic amines is 1. The van der Waals surface area contributed by atoms with Crippen LogP contribution >= 0.6 is 0 Å². The van der Waals surface area contributed by atoms with E-state index in [0.29, 0.717) is 5.69 Å². The van der Waals surface area contributed by atoms with Gasteiger partial charge in [-0.05, 0) is 6.07 Å². The molecule has 0 fully saturated rings. The summed E-state index contributed by atoms with van der Waals surface area (Å²) in [5.74, 6) is 0. The molecule has 1 atom stereocenters. The molecule has 6 heteroatoms. The summed E-state index contributed by atoms with van der Waals surface area (Å²) in [5.41, 5.74) is 1.57. The van der Waals surface area contributed by atoms with E-state index in [1.807, 2.05) is 24.3 Å². The van der Waals surface area contributed by atoms with Crippen molar-refractivity contribution in [3.63, 3.8) is 0 Å². The highest BCUT2D eigenvalue weighted by Gasteiger charge is 2.09. The Kier molecular flexibility index (Phi) is 4.38. The van der Waals surface area contributed by atoms with E-state index in [1.54, 1.807) is 6.20 Å². The second kappa shape index (κ2) is 6.21. The minimum Gasteiger partial charge on any atom is -0.449 e. The number of rotatable bonds is 5. The summed E-state index contributed by atoms with van der Waals surface area (Å²) < 4.78 is 4.90. The number of hydrogen-bond donors (Lipinski definition) is 4. The topological polar surface area (TPSA) is 94.6 Å². The van der Waals surface area contributed by atoms with Gasteiger partial charge in [0.05, 0.1) is 25.0 Å². The summed E-state index contributed by atoms with van der Waals surface area (Å²) in [5, 5.41) is 21.2. The van der Waals surface area contributed by atoms with Gasteiger partial charge in [0, 0.05) is 23.5 Å². The molecule has 6 nitrogen and oxygen atoms in total. The molecule has 19 heavy (non-hydrogen) atoms. The number of aliphatic hydroxyl groups excluding tert-OH is 2. The first-order chi connectivity index (χ1) is 9.20. The first-order valence-electron chi connectivity index (χ1n) is 5.99. The number of amides is 1. The molecule has 4 N–H and O–H groups in total. The lowest BCUT2D eigenvalue weighted by molar-refractivity contribution is 0.0666. The summed E-state index contributed by atoms with van der Waals surface area (Å²) in [6.07, 6.45) is 0.447. The van der Waals surface area contributed by atoms with Crippen molar-refractivity contribution >= 4 is 22.7 Å². The third-order valence-electron chi connectivity index (χ3n) is 2.72. The Morgan fingerprint density at radius 2 is 2.21 bits per heavy atom. The van der Waals surface area contributed by atoms with Crippen LogP contribution in [0.3, 0.4) is 0 Å². The van der Waals surface area contributed by atoms with E-state index < -0.39 is 12.2 Å². The SMILES string of the molecule is O=C(Nc1c[nH]c2ccccc12)OCCC(O)CO. The molecule has 2 rings (SSSR count). The number of ether oxygens (including phenoxy) is 1. The molecule has 1 amide bonds. The van der Waals surface area contributed by atoms with Crippen LogP contribution in [0.1, 0.15) is 6.42 Å². The van der Waals surface area contributed by atoms with Gasteiger partial charge in [-0.25, -0.2) is 4.79 Å². The molecule has 2 aromatic rings. The van der Waals surface area contributed by atoms with Gasteiger partial charge in [0.15, 0.2) is 0 Å². The number of fused-ring (bicyclic) bond motifs is 1. The molecule has 0 radical (unpaired) electrons. The number of carbonyl (C=O) groups excluding carboxylic acids is 1. The molecule has 0 saturated heterocycles. The number of anilines is 1. The first-order valence-corrected chi connectivity index (χ1v) is 5.99. The molecule has 0 saturated carbocycles. The fraction of sp³-hybridized carbons (Fsp3) is 0.308. The second-order valence-electron chi connectivity index (χ2n) is 4.13. The minimum atomic E-state index is -0.860. The summed E-state index contributed by atoms with van der Waals surface area (Å²) in [6, 6.07) is 7.57. The highest BCUT2D eigenvalue weighted by Crippen LogP contribution is 2.22. The third-order valence-corrected chi connectivity index (χ3v) is 2.72. The van der Waals surface area contributed by atoms with E-state index in [0.717, 1.165) is 10.9 Å². The fourth-order valence-corrected chi connectivity index (χ4v) is 1.70. The number of nitrogens with one attached hydrogen (secondary N) is 2. The maximum Gasteiger partial charge on any atom is 0.411 e. The molecule has 0 bridgehead atoms. The van der Waals surface area contributed by atoms with Crippen LogP contribution in [0.5, 0.6) is 0 Å². The lowest BCUT2D eigenvalue weighted by atomic mass is 10.2. The van der Waals surface area contributed by atoms with Gasteiger partial charge in [0.2, 0.25) is 0 Å². The molecular weight excluding hydrogens is 248 g/mol. The minimum absolute atomic E-state index is 0.0515. The van der Waals surface area contributed by atoms with Crippen LogP contribution in [-0.4, -0.2) is 40.6 Å². The molecule has 0 aliphatic rings. The second-order valence-corrected chi connectivity index (χ2v) is 4.13. The van der Waals surface area contributed by atoms with E-state index in [2.05, 4.69) is 10.3 Å². The smallest absolute Gasteiger partial charge is 0.411 e. The molecule has 0 spiro atoms. The quantitative estimate of drug-likeness (QED) is 0.657. The maximum absolute atomic E-state index is 11.5. The summed E-state index contributed by atoms with van der Waals surface area (Å²) in [6.45, 7) is -0.288.